The summed E-state index contributed by atoms with van der Waals surface area (Å²) in [4.78, 5) is 0. The van der Waals surface area contributed by atoms with Gasteiger partial charge in [-0.05, 0) is 31.3 Å². The van der Waals surface area contributed by atoms with Gasteiger partial charge in [-0.15, -0.1) is 0 Å². The quantitative estimate of drug-likeness (QED) is 0.724. The third-order valence-electron chi connectivity index (χ3n) is 2.73. The normalized spacial score (nSPS) is 27.1. The van der Waals surface area contributed by atoms with Gasteiger partial charge in [-0.2, -0.15) is 0 Å². The molecule has 0 saturated heterocycles. The Morgan fingerprint density at radius 2 is 1.57 bits per heavy atom. The van der Waals surface area contributed by atoms with Crippen LogP contribution in [0.5, 0.6) is 0 Å². The van der Waals surface area contributed by atoms with Gasteiger partial charge in [-0.3, -0.25) is 0 Å². The molecule has 2 nitrogen and oxygen atoms in total. The van der Waals surface area contributed by atoms with Crippen LogP contribution in [0.25, 0.3) is 0 Å². The molecule has 14 heavy (non-hydrogen) atoms. The lowest BCUT2D eigenvalue weighted by Gasteiger charge is -2.20. The SMILES string of the molecule is N/C1=C(\C(N)C(F)F)CCCCCC1. The first-order valence-corrected chi connectivity index (χ1v) is 5.14. The molecule has 82 valence electrons. The van der Waals surface area contributed by atoms with Crippen molar-refractivity contribution in [3.63, 3.8) is 0 Å². The van der Waals surface area contributed by atoms with Gasteiger partial charge in [0, 0.05) is 5.70 Å². The van der Waals surface area contributed by atoms with E-state index in [0.717, 1.165) is 32.1 Å². The molecule has 0 spiro atoms. The van der Waals surface area contributed by atoms with Crippen molar-refractivity contribution in [1.29, 1.82) is 0 Å². The predicted molar refractivity (Wildman–Crippen MR) is 52.9 cm³/mol. The van der Waals surface area contributed by atoms with E-state index in [9.17, 15) is 8.78 Å². The molecule has 1 unspecified atom stereocenters. The Labute approximate surface area is 83.3 Å². The summed E-state index contributed by atoms with van der Waals surface area (Å²) in [7, 11) is 0. The van der Waals surface area contributed by atoms with E-state index >= 15 is 0 Å². The standard InChI is InChI=1S/C10H18F2N2/c11-10(12)9(14)7-5-3-1-2-4-6-8(7)13/h9-10H,1-6,13-14H2/b8-7-. The monoisotopic (exact) mass is 204 g/mol. The van der Waals surface area contributed by atoms with Crippen LogP contribution in [0.1, 0.15) is 38.5 Å². The predicted octanol–water partition coefficient (Wildman–Crippen LogP) is 2.15. The van der Waals surface area contributed by atoms with Crippen molar-refractivity contribution in [2.75, 3.05) is 0 Å². The van der Waals surface area contributed by atoms with Crippen LogP contribution >= 0.6 is 0 Å². The fourth-order valence-electron chi connectivity index (χ4n) is 1.84. The van der Waals surface area contributed by atoms with Gasteiger partial charge in [0.05, 0.1) is 6.04 Å². The largest absolute Gasteiger partial charge is 0.402 e. The topological polar surface area (TPSA) is 52.0 Å². The summed E-state index contributed by atoms with van der Waals surface area (Å²) in [5.41, 5.74) is 12.3. The maximum Gasteiger partial charge on any atom is 0.257 e. The lowest BCUT2D eigenvalue weighted by atomic mass is 9.93. The molecular weight excluding hydrogens is 186 g/mol. The molecule has 0 radical (unpaired) electrons. The minimum absolute atomic E-state index is 0.583. The second kappa shape index (κ2) is 5.29. The van der Waals surface area contributed by atoms with Gasteiger partial charge in [0.2, 0.25) is 0 Å². The minimum Gasteiger partial charge on any atom is -0.402 e. The molecule has 1 aliphatic carbocycles. The second-order valence-electron chi connectivity index (χ2n) is 3.82. The highest BCUT2D eigenvalue weighted by Crippen LogP contribution is 2.24. The van der Waals surface area contributed by atoms with Crippen molar-refractivity contribution in [1.82, 2.24) is 0 Å². The lowest BCUT2D eigenvalue weighted by molar-refractivity contribution is 0.127. The number of alkyl halides is 2. The molecule has 4 N–H and O–H groups in total. The first kappa shape index (κ1) is 11.4. The summed E-state index contributed by atoms with van der Waals surface area (Å²) in [6.45, 7) is 0. The Balaban J connectivity index is 2.73. The van der Waals surface area contributed by atoms with E-state index in [0.29, 0.717) is 17.7 Å². The van der Waals surface area contributed by atoms with Gasteiger partial charge < -0.3 is 11.5 Å². The molecule has 0 heterocycles. The van der Waals surface area contributed by atoms with E-state index in [2.05, 4.69) is 0 Å². The average molecular weight is 204 g/mol. The van der Waals surface area contributed by atoms with Crippen molar-refractivity contribution in [2.45, 2.75) is 51.0 Å². The Morgan fingerprint density at radius 3 is 2.14 bits per heavy atom. The van der Waals surface area contributed by atoms with Crippen LogP contribution in [0.15, 0.2) is 11.3 Å². The molecular formula is C10H18F2N2. The van der Waals surface area contributed by atoms with Gasteiger partial charge in [-0.25, -0.2) is 8.78 Å². The van der Waals surface area contributed by atoms with Gasteiger partial charge >= 0.3 is 0 Å². The summed E-state index contributed by atoms with van der Waals surface area (Å²) < 4.78 is 24.8. The highest BCUT2D eigenvalue weighted by atomic mass is 19.3. The Bertz CT molecular complexity index is 214. The summed E-state index contributed by atoms with van der Waals surface area (Å²) in [5, 5.41) is 0. The molecule has 0 aliphatic heterocycles. The first-order chi connectivity index (χ1) is 6.63. The second-order valence-corrected chi connectivity index (χ2v) is 3.82. The summed E-state index contributed by atoms with van der Waals surface area (Å²) in [6.07, 6.45) is 3.00. The zero-order valence-corrected chi connectivity index (χ0v) is 8.31. The number of rotatable bonds is 2. The van der Waals surface area contributed by atoms with E-state index in [1.807, 2.05) is 0 Å². The zero-order valence-electron chi connectivity index (χ0n) is 8.31. The molecule has 4 heteroatoms. The van der Waals surface area contributed by atoms with Crippen molar-refractivity contribution < 1.29 is 8.78 Å². The van der Waals surface area contributed by atoms with Gasteiger partial charge in [-0.1, -0.05) is 12.8 Å². The molecule has 0 fully saturated rings. The van der Waals surface area contributed by atoms with E-state index in [1.54, 1.807) is 0 Å². The highest BCUT2D eigenvalue weighted by molar-refractivity contribution is 5.18. The molecule has 1 atom stereocenters. The number of hydrogen-bond acceptors (Lipinski definition) is 2. The minimum atomic E-state index is -2.50. The molecule has 0 aromatic rings. The summed E-state index contributed by atoms with van der Waals surface area (Å²) in [5.74, 6) is 0. The number of hydrogen-bond donors (Lipinski definition) is 2. The number of halogens is 2. The van der Waals surface area contributed by atoms with Crippen LogP contribution in [-0.4, -0.2) is 12.5 Å². The lowest BCUT2D eigenvalue weighted by Crippen LogP contribution is -2.33. The first-order valence-electron chi connectivity index (χ1n) is 5.14. The molecule has 0 bridgehead atoms. The van der Waals surface area contributed by atoms with Gasteiger partial charge in [0.15, 0.2) is 0 Å². The molecule has 1 aliphatic rings. The molecule has 0 aromatic carbocycles. The number of nitrogens with two attached hydrogens (primary N) is 2. The molecule has 0 amide bonds. The van der Waals surface area contributed by atoms with Crippen molar-refractivity contribution in [3.05, 3.63) is 11.3 Å². The van der Waals surface area contributed by atoms with Crippen LogP contribution in [-0.2, 0) is 0 Å². The van der Waals surface area contributed by atoms with E-state index in [4.69, 9.17) is 11.5 Å². The Morgan fingerprint density at radius 1 is 1.00 bits per heavy atom. The van der Waals surface area contributed by atoms with Gasteiger partial charge in [0.25, 0.3) is 6.43 Å². The zero-order chi connectivity index (χ0) is 10.6. The van der Waals surface area contributed by atoms with Crippen molar-refractivity contribution in [2.24, 2.45) is 11.5 Å². The Hall–Kier alpha value is -0.640. The van der Waals surface area contributed by atoms with E-state index in [1.165, 1.54) is 0 Å². The smallest absolute Gasteiger partial charge is 0.257 e. The maximum absolute atomic E-state index is 12.4. The third-order valence-corrected chi connectivity index (χ3v) is 2.73. The van der Waals surface area contributed by atoms with E-state index in [-0.39, 0.29) is 0 Å². The van der Waals surface area contributed by atoms with Crippen LogP contribution in [0.3, 0.4) is 0 Å². The summed E-state index contributed by atoms with van der Waals surface area (Å²) >= 11 is 0. The fraction of sp³-hybridized carbons (Fsp3) is 0.800. The van der Waals surface area contributed by atoms with Crippen molar-refractivity contribution >= 4 is 0 Å². The fourth-order valence-corrected chi connectivity index (χ4v) is 1.84. The molecule has 0 saturated carbocycles. The molecule has 0 aromatic heterocycles. The van der Waals surface area contributed by atoms with Crippen LogP contribution in [0.4, 0.5) is 8.78 Å². The molecule has 1 rings (SSSR count). The van der Waals surface area contributed by atoms with E-state index < -0.39 is 12.5 Å². The van der Waals surface area contributed by atoms with Gasteiger partial charge in [0.1, 0.15) is 0 Å². The summed E-state index contributed by atoms with van der Waals surface area (Å²) in [6, 6.07) is -1.16. The van der Waals surface area contributed by atoms with Crippen molar-refractivity contribution in [3.8, 4) is 0 Å². The average Bonchev–Trinajstić information content (AvgIpc) is 2.11. The Kier molecular flexibility index (Phi) is 4.32. The third kappa shape index (κ3) is 2.94. The highest BCUT2D eigenvalue weighted by Gasteiger charge is 2.22. The number of allylic oxidation sites excluding steroid dienone is 1. The van der Waals surface area contributed by atoms with Crippen LogP contribution in [0.2, 0.25) is 0 Å². The van der Waals surface area contributed by atoms with Crippen LogP contribution < -0.4 is 11.5 Å². The maximum atomic E-state index is 12.4. The van der Waals surface area contributed by atoms with Crippen LogP contribution in [0, 0.1) is 0 Å².